The van der Waals surface area contributed by atoms with E-state index in [1.54, 1.807) is 11.3 Å². The minimum Gasteiger partial charge on any atom is -0.478 e. The molecule has 0 spiro atoms. The summed E-state index contributed by atoms with van der Waals surface area (Å²) in [6.07, 6.45) is 0. The van der Waals surface area contributed by atoms with E-state index in [0.717, 1.165) is 4.88 Å². The topological polar surface area (TPSA) is 78.4 Å². The number of rotatable bonds is 4. The highest BCUT2D eigenvalue weighted by Crippen LogP contribution is 2.23. The smallest absolute Gasteiger partial charge is 0.335 e. The van der Waals surface area contributed by atoms with Gasteiger partial charge in [0, 0.05) is 4.88 Å². The van der Waals surface area contributed by atoms with Crippen molar-refractivity contribution in [1.82, 2.24) is 5.32 Å². The molecular formula is C13H11ClN2O3S. The van der Waals surface area contributed by atoms with E-state index in [0.29, 0.717) is 12.2 Å². The van der Waals surface area contributed by atoms with Gasteiger partial charge >= 0.3 is 12.0 Å². The van der Waals surface area contributed by atoms with Crippen LogP contribution >= 0.6 is 22.9 Å². The molecule has 1 aromatic carbocycles. The van der Waals surface area contributed by atoms with E-state index >= 15 is 0 Å². The molecule has 0 aliphatic carbocycles. The first-order chi connectivity index (χ1) is 9.56. The third kappa shape index (κ3) is 3.72. The molecule has 0 saturated heterocycles. The first kappa shape index (κ1) is 14.4. The van der Waals surface area contributed by atoms with Crippen LogP contribution in [0.2, 0.25) is 5.02 Å². The fraction of sp³-hybridized carbons (Fsp3) is 0.0769. The molecule has 7 heteroatoms. The second-order valence-electron chi connectivity index (χ2n) is 3.89. The summed E-state index contributed by atoms with van der Waals surface area (Å²) < 4.78 is 0. The third-order valence-electron chi connectivity index (χ3n) is 2.47. The normalized spacial score (nSPS) is 10.1. The molecule has 0 bridgehead atoms. The molecule has 0 radical (unpaired) electrons. The van der Waals surface area contributed by atoms with E-state index in [9.17, 15) is 9.59 Å². The van der Waals surface area contributed by atoms with Crippen molar-refractivity contribution >= 4 is 40.6 Å². The number of aromatic carboxylic acids is 1. The first-order valence-corrected chi connectivity index (χ1v) is 6.92. The van der Waals surface area contributed by atoms with Crippen LogP contribution in [0, 0.1) is 0 Å². The number of hydrogen-bond acceptors (Lipinski definition) is 3. The molecular weight excluding hydrogens is 300 g/mol. The first-order valence-electron chi connectivity index (χ1n) is 5.66. The van der Waals surface area contributed by atoms with E-state index < -0.39 is 12.0 Å². The highest BCUT2D eigenvalue weighted by molar-refractivity contribution is 7.09. The number of carboxylic acid groups (broad SMARTS) is 1. The van der Waals surface area contributed by atoms with Crippen LogP contribution in [-0.4, -0.2) is 17.1 Å². The number of carbonyl (C=O) groups is 2. The van der Waals surface area contributed by atoms with Crippen LogP contribution in [0.3, 0.4) is 0 Å². The quantitative estimate of drug-likeness (QED) is 0.809. The van der Waals surface area contributed by atoms with Crippen molar-refractivity contribution in [2.24, 2.45) is 0 Å². The average Bonchev–Trinajstić information content (AvgIpc) is 2.91. The summed E-state index contributed by atoms with van der Waals surface area (Å²) in [5.41, 5.74) is 0.430. The lowest BCUT2D eigenvalue weighted by atomic mass is 10.2. The fourth-order valence-corrected chi connectivity index (χ4v) is 2.37. The summed E-state index contributed by atoms with van der Waals surface area (Å²) in [6, 6.07) is 7.54. The summed E-state index contributed by atoms with van der Waals surface area (Å²) in [5, 5.41) is 16.2. The molecule has 0 aliphatic rings. The van der Waals surface area contributed by atoms with Gasteiger partial charge in [-0.15, -0.1) is 11.3 Å². The molecule has 0 aliphatic heterocycles. The van der Waals surface area contributed by atoms with Gasteiger partial charge in [-0.3, -0.25) is 0 Å². The minimum absolute atomic E-state index is 0.0690. The molecule has 2 amide bonds. The van der Waals surface area contributed by atoms with Crippen LogP contribution in [0.15, 0.2) is 35.7 Å². The van der Waals surface area contributed by atoms with Crippen LogP contribution < -0.4 is 10.6 Å². The average molecular weight is 311 g/mol. The SMILES string of the molecule is O=C(NCc1cccs1)Nc1ccc(C(=O)O)cc1Cl. The monoisotopic (exact) mass is 310 g/mol. The zero-order valence-electron chi connectivity index (χ0n) is 10.2. The maximum Gasteiger partial charge on any atom is 0.335 e. The summed E-state index contributed by atoms with van der Waals surface area (Å²) >= 11 is 7.46. The maximum absolute atomic E-state index is 11.7. The van der Waals surface area contributed by atoms with Crippen LogP contribution in [-0.2, 0) is 6.54 Å². The van der Waals surface area contributed by atoms with E-state index in [1.165, 1.54) is 18.2 Å². The molecule has 2 rings (SSSR count). The number of amides is 2. The van der Waals surface area contributed by atoms with Gasteiger partial charge in [0.15, 0.2) is 0 Å². The van der Waals surface area contributed by atoms with Crippen LogP contribution in [0.25, 0.3) is 0 Å². The fourth-order valence-electron chi connectivity index (χ4n) is 1.50. The summed E-state index contributed by atoms with van der Waals surface area (Å²) in [7, 11) is 0. The summed E-state index contributed by atoms with van der Waals surface area (Å²) in [4.78, 5) is 23.5. The summed E-state index contributed by atoms with van der Waals surface area (Å²) in [5.74, 6) is -1.07. The number of nitrogens with one attached hydrogen (secondary N) is 2. The van der Waals surface area contributed by atoms with Crippen molar-refractivity contribution in [3.63, 3.8) is 0 Å². The van der Waals surface area contributed by atoms with Crippen LogP contribution in [0.4, 0.5) is 10.5 Å². The van der Waals surface area contributed by atoms with Crippen molar-refractivity contribution in [3.05, 3.63) is 51.2 Å². The molecule has 1 aromatic heterocycles. The van der Waals surface area contributed by atoms with E-state index in [2.05, 4.69) is 10.6 Å². The molecule has 3 N–H and O–H groups in total. The Hall–Kier alpha value is -2.05. The number of anilines is 1. The Labute approximate surface area is 124 Å². The Morgan fingerprint density at radius 3 is 2.70 bits per heavy atom. The molecule has 5 nitrogen and oxygen atoms in total. The van der Waals surface area contributed by atoms with Crippen LogP contribution in [0.5, 0.6) is 0 Å². The number of carboxylic acids is 1. The molecule has 2 aromatic rings. The second kappa shape index (κ2) is 6.40. The predicted molar refractivity (Wildman–Crippen MR) is 78.6 cm³/mol. The van der Waals surface area contributed by atoms with Gasteiger partial charge in [0.25, 0.3) is 0 Å². The molecule has 0 atom stereocenters. The molecule has 0 fully saturated rings. The largest absolute Gasteiger partial charge is 0.478 e. The van der Waals surface area contributed by atoms with E-state index in [1.807, 2.05) is 17.5 Å². The van der Waals surface area contributed by atoms with Gasteiger partial charge in [0.2, 0.25) is 0 Å². The molecule has 1 heterocycles. The Balaban J connectivity index is 1.95. The Morgan fingerprint density at radius 2 is 2.10 bits per heavy atom. The minimum atomic E-state index is -1.07. The Morgan fingerprint density at radius 1 is 1.30 bits per heavy atom. The second-order valence-corrected chi connectivity index (χ2v) is 5.33. The highest BCUT2D eigenvalue weighted by atomic mass is 35.5. The van der Waals surface area contributed by atoms with Crippen molar-refractivity contribution in [2.45, 2.75) is 6.54 Å². The lowest BCUT2D eigenvalue weighted by molar-refractivity contribution is 0.0697. The molecule has 104 valence electrons. The third-order valence-corrected chi connectivity index (χ3v) is 3.66. The van der Waals surface area contributed by atoms with Crippen molar-refractivity contribution < 1.29 is 14.7 Å². The Kier molecular flexibility index (Phi) is 4.60. The number of thiophene rings is 1. The van der Waals surface area contributed by atoms with Crippen LogP contribution in [0.1, 0.15) is 15.2 Å². The number of urea groups is 1. The lowest BCUT2D eigenvalue weighted by Crippen LogP contribution is -2.28. The zero-order valence-corrected chi connectivity index (χ0v) is 11.8. The number of halogens is 1. The molecule has 20 heavy (non-hydrogen) atoms. The standard InChI is InChI=1S/C13H11ClN2O3S/c14-10-6-8(12(17)18)3-4-11(10)16-13(19)15-7-9-2-1-5-20-9/h1-6H,7H2,(H,17,18)(H2,15,16,19). The van der Waals surface area contributed by atoms with Gasteiger partial charge in [0.1, 0.15) is 0 Å². The van der Waals surface area contributed by atoms with Gasteiger partial charge in [0.05, 0.1) is 22.8 Å². The van der Waals surface area contributed by atoms with E-state index in [-0.39, 0.29) is 10.6 Å². The van der Waals surface area contributed by atoms with Crippen molar-refractivity contribution in [3.8, 4) is 0 Å². The lowest BCUT2D eigenvalue weighted by Gasteiger charge is -2.08. The van der Waals surface area contributed by atoms with Gasteiger partial charge < -0.3 is 15.7 Å². The highest BCUT2D eigenvalue weighted by Gasteiger charge is 2.09. The predicted octanol–water partition coefficient (Wildman–Crippen LogP) is 3.42. The molecule has 0 saturated carbocycles. The summed E-state index contributed by atoms with van der Waals surface area (Å²) in [6.45, 7) is 0.425. The van der Waals surface area contributed by atoms with Gasteiger partial charge in [-0.2, -0.15) is 0 Å². The van der Waals surface area contributed by atoms with Crippen molar-refractivity contribution in [2.75, 3.05) is 5.32 Å². The number of benzene rings is 1. The Bertz CT molecular complexity index is 629. The zero-order chi connectivity index (χ0) is 14.5. The maximum atomic E-state index is 11.7. The number of hydrogen-bond donors (Lipinski definition) is 3. The van der Waals surface area contributed by atoms with Gasteiger partial charge in [-0.05, 0) is 29.6 Å². The van der Waals surface area contributed by atoms with E-state index in [4.69, 9.17) is 16.7 Å². The van der Waals surface area contributed by atoms with Gasteiger partial charge in [-0.1, -0.05) is 17.7 Å². The van der Waals surface area contributed by atoms with Gasteiger partial charge in [-0.25, -0.2) is 9.59 Å². The molecule has 0 unspecified atom stereocenters. The number of carbonyl (C=O) groups excluding carboxylic acids is 1. The van der Waals surface area contributed by atoms with Crippen molar-refractivity contribution in [1.29, 1.82) is 0 Å².